The molecule has 1 fully saturated rings. The van der Waals surface area contributed by atoms with Crippen LogP contribution >= 0.6 is 11.6 Å². The zero-order chi connectivity index (χ0) is 18.1. The van der Waals surface area contributed by atoms with Crippen LogP contribution in [0.3, 0.4) is 0 Å². The molecule has 1 saturated carbocycles. The van der Waals surface area contributed by atoms with Crippen LogP contribution in [0.1, 0.15) is 66.2 Å². The summed E-state index contributed by atoms with van der Waals surface area (Å²) in [6, 6.07) is 6.04. The van der Waals surface area contributed by atoms with Gasteiger partial charge in [-0.25, -0.2) is 4.98 Å². The molecule has 0 atom stereocenters. The van der Waals surface area contributed by atoms with Crippen LogP contribution < -0.4 is 5.56 Å². The van der Waals surface area contributed by atoms with Gasteiger partial charge in [0.05, 0.1) is 5.69 Å². The standard InChI is InChI=1S/C21H26ClN3O/c1-14-6-5-9-18(22)17(14)12-25-11-10-16-19(13-25)23-20(24-21(16)26)15-7-3-2-4-8-15/h5-6,9,15H,2-4,7-8,10-13H2,1H3,(H,23,24,26). The minimum atomic E-state index is 0.0733. The maximum Gasteiger partial charge on any atom is 0.254 e. The third-order valence-corrected chi connectivity index (χ3v) is 6.25. The van der Waals surface area contributed by atoms with Gasteiger partial charge in [-0.3, -0.25) is 9.69 Å². The summed E-state index contributed by atoms with van der Waals surface area (Å²) < 4.78 is 0. The quantitative estimate of drug-likeness (QED) is 0.873. The van der Waals surface area contributed by atoms with Gasteiger partial charge in [0.25, 0.3) is 5.56 Å². The van der Waals surface area contributed by atoms with Gasteiger partial charge in [0.2, 0.25) is 0 Å². The number of halogens is 1. The fourth-order valence-electron chi connectivity index (χ4n) is 4.31. The zero-order valence-electron chi connectivity index (χ0n) is 15.4. The molecule has 2 aliphatic rings. The summed E-state index contributed by atoms with van der Waals surface area (Å²) in [4.78, 5) is 22.9. The van der Waals surface area contributed by atoms with Crippen molar-refractivity contribution in [1.82, 2.24) is 14.9 Å². The van der Waals surface area contributed by atoms with Crippen molar-refractivity contribution in [3.8, 4) is 0 Å². The molecule has 4 nitrogen and oxygen atoms in total. The monoisotopic (exact) mass is 371 g/mol. The van der Waals surface area contributed by atoms with Gasteiger partial charge in [0.1, 0.15) is 5.82 Å². The first-order valence-electron chi connectivity index (χ1n) is 9.70. The lowest BCUT2D eigenvalue weighted by Gasteiger charge is -2.29. The number of benzene rings is 1. The van der Waals surface area contributed by atoms with E-state index >= 15 is 0 Å². The number of H-pyrrole nitrogens is 1. The average molecular weight is 372 g/mol. The number of nitrogens with one attached hydrogen (secondary N) is 1. The molecular weight excluding hydrogens is 346 g/mol. The van der Waals surface area contributed by atoms with Crippen molar-refractivity contribution in [3.05, 3.63) is 61.8 Å². The predicted molar refractivity (Wildman–Crippen MR) is 105 cm³/mol. The maximum atomic E-state index is 12.6. The van der Waals surface area contributed by atoms with Crippen LogP contribution in [0.4, 0.5) is 0 Å². The molecule has 1 aliphatic heterocycles. The number of fused-ring (bicyclic) bond motifs is 1. The van der Waals surface area contributed by atoms with Crippen LogP contribution in [-0.4, -0.2) is 21.4 Å². The van der Waals surface area contributed by atoms with Crippen molar-refractivity contribution in [3.63, 3.8) is 0 Å². The van der Waals surface area contributed by atoms with Gasteiger partial charge in [0.15, 0.2) is 0 Å². The summed E-state index contributed by atoms with van der Waals surface area (Å²) in [6.07, 6.45) is 6.82. The molecule has 5 heteroatoms. The van der Waals surface area contributed by atoms with Crippen LogP contribution in [0.5, 0.6) is 0 Å². The Hall–Kier alpha value is -1.65. The Kier molecular flexibility index (Phi) is 5.14. The van der Waals surface area contributed by atoms with Gasteiger partial charge < -0.3 is 4.98 Å². The van der Waals surface area contributed by atoms with Gasteiger partial charge in [0, 0.05) is 36.1 Å². The van der Waals surface area contributed by atoms with E-state index in [4.69, 9.17) is 16.6 Å². The Morgan fingerprint density at radius 2 is 2.08 bits per heavy atom. The smallest absolute Gasteiger partial charge is 0.254 e. The van der Waals surface area contributed by atoms with E-state index in [0.717, 1.165) is 61.0 Å². The first-order chi connectivity index (χ1) is 12.6. The molecule has 0 radical (unpaired) electrons. The maximum absolute atomic E-state index is 12.6. The SMILES string of the molecule is Cc1cccc(Cl)c1CN1CCc2c(nc(C3CCCCC3)[nH]c2=O)C1. The number of aryl methyl sites for hydroxylation is 1. The highest BCUT2D eigenvalue weighted by Gasteiger charge is 2.25. The number of nitrogens with zero attached hydrogens (tertiary/aromatic N) is 2. The minimum absolute atomic E-state index is 0.0733. The Labute approximate surface area is 159 Å². The van der Waals surface area contributed by atoms with Crippen molar-refractivity contribution in [2.75, 3.05) is 6.54 Å². The van der Waals surface area contributed by atoms with Crippen molar-refractivity contribution in [1.29, 1.82) is 0 Å². The normalized spacial score (nSPS) is 18.7. The van der Waals surface area contributed by atoms with Crippen LogP contribution in [0.2, 0.25) is 5.02 Å². The van der Waals surface area contributed by atoms with Crippen LogP contribution in [0, 0.1) is 6.92 Å². The van der Waals surface area contributed by atoms with Crippen LogP contribution in [-0.2, 0) is 19.5 Å². The number of aromatic nitrogens is 2. The second-order valence-corrected chi connectivity index (χ2v) is 8.11. The Morgan fingerprint density at radius 1 is 1.27 bits per heavy atom. The second-order valence-electron chi connectivity index (χ2n) is 7.71. The predicted octanol–water partition coefficient (Wildman–Crippen LogP) is 4.34. The third kappa shape index (κ3) is 3.58. The summed E-state index contributed by atoms with van der Waals surface area (Å²) in [5, 5.41) is 0.817. The summed E-state index contributed by atoms with van der Waals surface area (Å²) in [6.45, 7) is 4.50. The molecule has 0 spiro atoms. The van der Waals surface area contributed by atoms with Gasteiger partial charge in [-0.1, -0.05) is 43.0 Å². The first kappa shape index (κ1) is 17.7. The number of aromatic amines is 1. The fourth-order valence-corrected chi connectivity index (χ4v) is 4.59. The van der Waals surface area contributed by atoms with Crippen molar-refractivity contribution in [2.45, 2.75) is 64.5 Å². The fraction of sp³-hybridized carbons (Fsp3) is 0.524. The molecule has 138 valence electrons. The molecule has 1 aliphatic carbocycles. The molecule has 1 N–H and O–H groups in total. The molecule has 0 unspecified atom stereocenters. The van der Waals surface area contributed by atoms with E-state index in [2.05, 4.69) is 22.9 Å². The Balaban J connectivity index is 1.57. The van der Waals surface area contributed by atoms with Crippen molar-refractivity contribution in [2.24, 2.45) is 0 Å². The van der Waals surface area contributed by atoms with Gasteiger partial charge in [-0.2, -0.15) is 0 Å². The highest BCUT2D eigenvalue weighted by molar-refractivity contribution is 6.31. The van der Waals surface area contributed by atoms with Crippen molar-refractivity contribution < 1.29 is 0 Å². The van der Waals surface area contributed by atoms with E-state index in [-0.39, 0.29) is 5.56 Å². The molecule has 1 aromatic carbocycles. The summed E-state index contributed by atoms with van der Waals surface area (Å²) in [5.41, 5.74) is 4.30. The lowest BCUT2D eigenvalue weighted by Crippen LogP contribution is -2.36. The van der Waals surface area contributed by atoms with E-state index in [0.29, 0.717) is 5.92 Å². The molecule has 2 aromatic rings. The molecule has 0 saturated heterocycles. The zero-order valence-corrected chi connectivity index (χ0v) is 16.1. The Bertz CT molecular complexity index is 835. The molecule has 26 heavy (non-hydrogen) atoms. The number of hydrogen-bond donors (Lipinski definition) is 1. The van der Waals surface area contributed by atoms with Crippen LogP contribution in [0.25, 0.3) is 0 Å². The Morgan fingerprint density at radius 3 is 2.85 bits per heavy atom. The third-order valence-electron chi connectivity index (χ3n) is 5.90. The van der Waals surface area contributed by atoms with Gasteiger partial charge in [-0.05, 0) is 43.4 Å². The van der Waals surface area contributed by atoms with E-state index < -0.39 is 0 Å². The van der Waals surface area contributed by atoms with E-state index in [1.165, 1.54) is 30.4 Å². The molecule has 0 bridgehead atoms. The van der Waals surface area contributed by atoms with E-state index in [9.17, 15) is 4.79 Å². The van der Waals surface area contributed by atoms with E-state index in [1.807, 2.05) is 12.1 Å². The van der Waals surface area contributed by atoms with Crippen molar-refractivity contribution >= 4 is 11.6 Å². The topological polar surface area (TPSA) is 49.0 Å². The first-order valence-corrected chi connectivity index (χ1v) is 10.1. The highest BCUT2D eigenvalue weighted by Crippen LogP contribution is 2.31. The molecule has 1 aromatic heterocycles. The van der Waals surface area contributed by atoms with Crippen LogP contribution in [0.15, 0.2) is 23.0 Å². The van der Waals surface area contributed by atoms with Gasteiger partial charge >= 0.3 is 0 Å². The molecular formula is C21H26ClN3O. The summed E-state index contributed by atoms with van der Waals surface area (Å²) >= 11 is 6.40. The molecule has 0 amide bonds. The largest absolute Gasteiger partial charge is 0.310 e. The molecule has 2 heterocycles. The summed E-state index contributed by atoms with van der Waals surface area (Å²) in [7, 11) is 0. The number of rotatable bonds is 3. The number of hydrogen-bond acceptors (Lipinski definition) is 3. The minimum Gasteiger partial charge on any atom is -0.310 e. The highest BCUT2D eigenvalue weighted by atomic mass is 35.5. The van der Waals surface area contributed by atoms with E-state index in [1.54, 1.807) is 0 Å². The second kappa shape index (κ2) is 7.53. The van der Waals surface area contributed by atoms with Gasteiger partial charge in [-0.15, -0.1) is 0 Å². The lowest BCUT2D eigenvalue weighted by atomic mass is 9.88. The average Bonchev–Trinajstić information content (AvgIpc) is 2.65. The lowest BCUT2D eigenvalue weighted by molar-refractivity contribution is 0.239. The molecule has 4 rings (SSSR count). The summed E-state index contributed by atoms with van der Waals surface area (Å²) in [5.74, 6) is 1.33.